The average Bonchev–Trinajstić information content (AvgIpc) is 3.32. The third-order valence-corrected chi connectivity index (χ3v) is 4.86. The van der Waals surface area contributed by atoms with Crippen LogP contribution in [0.25, 0.3) is 11.3 Å². The van der Waals surface area contributed by atoms with Crippen molar-refractivity contribution < 1.29 is 9.32 Å². The number of aromatic nitrogens is 1. The molecule has 3 aromatic rings. The van der Waals surface area contributed by atoms with Gasteiger partial charge in [0.05, 0.1) is 12.2 Å². The van der Waals surface area contributed by atoms with Crippen LogP contribution in [-0.2, 0) is 0 Å². The summed E-state index contributed by atoms with van der Waals surface area (Å²) in [4.78, 5) is 15.1. The third-order valence-electron chi connectivity index (χ3n) is 4.61. The van der Waals surface area contributed by atoms with Crippen LogP contribution in [0.3, 0.4) is 0 Å². The molecule has 1 aromatic heterocycles. The second kappa shape index (κ2) is 6.73. The SMILES string of the molecule is O=C(c1cnoc1-c1ccc(Cl)cc1)N1CCCC1c1ccccc1. The predicted molar refractivity (Wildman–Crippen MR) is 96.4 cm³/mol. The van der Waals surface area contributed by atoms with E-state index in [1.807, 2.05) is 35.2 Å². The molecule has 4 nitrogen and oxygen atoms in total. The minimum absolute atomic E-state index is 0.0439. The zero-order chi connectivity index (χ0) is 17.2. The van der Waals surface area contributed by atoms with Crippen LogP contribution in [0.5, 0.6) is 0 Å². The predicted octanol–water partition coefficient (Wildman–Crippen LogP) is 4.97. The maximum atomic E-state index is 13.2. The quantitative estimate of drug-likeness (QED) is 0.668. The van der Waals surface area contributed by atoms with Gasteiger partial charge in [0, 0.05) is 17.1 Å². The molecule has 0 aliphatic carbocycles. The standard InChI is InChI=1S/C20H17ClN2O2/c21-16-10-8-15(9-11-16)19-17(13-22-25-19)20(24)23-12-4-7-18(23)14-5-2-1-3-6-14/h1-3,5-6,8-11,13,18H,4,7,12H2. The van der Waals surface area contributed by atoms with Crippen molar-refractivity contribution in [2.45, 2.75) is 18.9 Å². The summed E-state index contributed by atoms with van der Waals surface area (Å²) in [6, 6.07) is 17.5. The van der Waals surface area contributed by atoms with Gasteiger partial charge in [0.2, 0.25) is 0 Å². The van der Waals surface area contributed by atoms with E-state index >= 15 is 0 Å². The number of nitrogens with zero attached hydrogens (tertiary/aromatic N) is 2. The number of likely N-dealkylation sites (tertiary alicyclic amines) is 1. The molecule has 1 saturated heterocycles. The van der Waals surface area contributed by atoms with Gasteiger partial charge in [-0.15, -0.1) is 0 Å². The minimum Gasteiger partial charge on any atom is -0.355 e. The Hall–Kier alpha value is -2.59. The number of benzene rings is 2. The maximum Gasteiger partial charge on any atom is 0.259 e. The highest BCUT2D eigenvalue weighted by Gasteiger charge is 2.33. The minimum atomic E-state index is -0.0439. The summed E-state index contributed by atoms with van der Waals surface area (Å²) in [6.07, 6.45) is 3.47. The Balaban J connectivity index is 1.65. The lowest BCUT2D eigenvalue weighted by atomic mass is 10.0. The summed E-state index contributed by atoms with van der Waals surface area (Å²) >= 11 is 5.94. The molecule has 5 heteroatoms. The summed E-state index contributed by atoms with van der Waals surface area (Å²) in [5.74, 6) is 0.443. The Kier molecular flexibility index (Phi) is 4.28. The molecule has 1 aliphatic rings. The molecule has 0 N–H and O–H groups in total. The average molecular weight is 353 g/mol. The molecular formula is C20H17ClN2O2. The Bertz CT molecular complexity index is 874. The fraction of sp³-hybridized carbons (Fsp3) is 0.200. The number of carbonyl (C=O) groups is 1. The molecular weight excluding hydrogens is 336 g/mol. The van der Waals surface area contributed by atoms with Crippen molar-refractivity contribution in [1.82, 2.24) is 10.1 Å². The summed E-state index contributed by atoms with van der Waals surface area (Å²) in [6.45, 7) is 0.740. The monoisotopic (exact) mass is 352 g/mol. The van der Waals surface area contributed by atoms with Crippen LogP contribution in [0.2, 0.25) is 5.02 Å². The molecule has 4 rings (SSSR count). The van der Waals surface area contributed by atoms with Crippen molar-refractivity contribution >= 4 is 17.5 Å². The van der Waals surface area contributed by atoms with Crippen LogP contribution in [0.4, 0.5) is 0 Å². The topological polar surface area (TPSA) is 46.3 Å². The second-order valence-corrected chi connectivity index (χ2v) is 6.58. The van der Waals surface area contributed by atoms with Crippen LogP contribution in [-0.4, -0.2) is 22.5 Å². The Labute approximate surface area is 151 Å². The lowest BCUT2D eigenvalue weighted by molar-refractivity contribution is 0.0736. The number of hydrogen-bond donors (Lipinski definition) is 0. The van der Waals surface area contributed by atoms with Gasteiger partial charge in [-0.2, -0.15) is 0 Å². The number of rotatable bonds is 3. The van der Waals surface area contributed by atoms with E-state index in [2.05, 4.69) is 17.3 Å². The molecule has 2 aromatic carbocycles. The molecule has 2 heterocycles. The number of carbonyl (C=O) groups excluding carboxylic acids is 1. The summed E-state index contributed by atoms with van der Waals surface area (Å²) < 4.78 is 5.37. The van der Waals surface area contributed by atoms with Gasteiger partial charge in [0.1, 0.15) is 5.56 Å². The third kappa shape index (κ3) is 3.05. The van der Waals surface area contributed by atoms with Gasteiger partial charge in [-0.25, -0.2) is 0 Å². The maximum absolute atomic E-state index is 13.2. The van der Waals surface area contributed by atoms with Crippen molar-refractivity contribution in [3.63, 3.8) is 0 Å². The Morgan fingerprint density at radius 2 is 1.88 bits per heavy atom. The van der Waals surface area contributed by atoms with Crippen LogP contribution in [0.1, 0.15) is 34.8 Å². The van der Waals surface area contributed by atoms with Gasteiger partial charge in [-0.05, 0) is 42.7 Å². The molecule has 0 spiro atoms. The van der Waals surface area contributed by atoms with Crippen molar-refractivity contribution in [1.29, 1.82) is 0 Å². The van der Waals surface area contributed by atoms with Gasteiger partial charge < -0.3 is 9.42 Å². The van der Waals surface area contributed by atoms with E-state index in [9.17, 15) is 4.79 Å². The molecule has 0 bridgehead atoms. The highest BCUT2D eigenvalue weighted by atomic mass is 35.5. The molecule has 25 heavy (non-hydrogen) atoms. The lowest BCUT2D eigenvalue weighted by Gasteiger charge is -2.24. The largest absolute Gasteiger partial charge is 0.355 e. The normalized spacial score (nSPS) is 17.0. The van der Waals surface area contributed by atoms with Crippen LogP contribution < -0.4 is 0 Å². The summed E-state index contributed by atoms with van der Waals surface area (Å²) in [5.41, 5.74) is 2.45. The summed E-state index contributed by atoms with van der Waals surface area (Å²) in [5, 5.41) is 4.49. The number of halogens is 1. The molecule has 1 amide bonds. The van der Waals surface area contributed by atoms with Crippen molar-refractivity contribution in [3.05, 3.63) is 76.9 Å². The first-order chi connectivity index (χ1) is 12.2. The number of hydrogen-bond acceptors (Lipinski definition) is 3. The van der Waals surface area contributed by atoms with Crippen LogP contribution in [0, 0.1) is 0 Å². The van der Waals surface area contributed by atoms with E-state index in [0.29, 0.717) is 16.3 Å². The Morgan fingerprint density at radius 1 is 1.12 bits per heavy atom. The van der Waals surface area contributed by atoms with Crippen molar-refractivity contribution in [3.8, 4) is 11.3 Å². The van der Waals surface area contributed by atoms with Gasteiger partial charge in [-0.1, -0.05) is 47.1 Å². The van der Waals surface area contributed by atoms with E-state index in [1.165, 1.54) is 6.20 Å². The molecule has 126 valence electrons. The van der Waals surface area contributed by atoms with Gasteiger partial charge in [-0.3, -0.25) is 4.79 Å². The summed E-state index contributed by atoms with van der Waals surface area (Å²) in [7, 11) is 0. The fourth-order valence-corrected chi connectivity index (χ4v) is 3.51. The van der Waals surface area contributed by atoms with Crippen molar-refractivity contribution in [2.75, 3.05) is 6.54 Å². The van der Waals surface area contributed by atoms with E-state index in [0.717, 1.165) is 30.5 Å². The van der Waals surface area contributed by atoms with E-state index in [-0.39, 0.29) is 11.9 Å². The molecule has 1 aliphatic heterocycles. The second-order valence-electron chi connectivity index (χ2n) is 6.14. The van der Waals surface area contributed by atoms with Crippen LogP contribution >= 0.6 is 11.6 Å². The first-order valence-corrected chi connectivity index (χ1v) is 8.68. The van der Waals surface area contributed by atoms with Gasteiger partial charge in [0.25, 0.3) is 5.91 Å². The van der Waals surface area contributed by atoms with E-state index in [4.69, 9.17) is 16.1 Å². The highest BCUT2D eigenvalue weighted by molar-refractivity contribution is 6.30. The van der Waals surface area contributed by atoms with Crippen LogP contribution in [0.15, 0.2) is 65.3 Å². The molecule has 0 radical (unpaired) electrons. The zero-order valence-electron chi connectivity index (χ0n) is 13.6. The van der Waals surface area contributed by atoms with Gasteiger partial charge in [0.15, 0.2) is 5.76 Å². The Morgan fingerprint density at radius 3 is 2.64 bits per heavy atom. The molecule has 1 unspecified atom stereocenters. The lowest BCUT2D eigenvalue weighted by Crippen LogP contribution is -2.30. The molecule has 1 fully saturated rings. The number of amides is 1. The zero-order valence-corrected chi connectivity index (χ0v) is 14.3. The van der Waals surface area contributed by atoms with Gasteiger partial charge >= 0.3 is 0 Å². The first-order valence-electron chi connectivity index (χ1n) is 8.30. The highest BCUT2D eigenvalue weighted by Crippen LogP contribution is 2.35. The van der Waals surface area contributed by atoms with E-state index < -0.39 is 0 Å². The fourth-order valence-electron chi connectivity index (χ4n) is 3.39. The first kappa shape index (κ1) is 15.9. The van der Waals surface area contributed by atoms with E-state index in [1.54, 1.807) is 12.1 Å². The van der Waals surface area contributed by atoms with Crippen molar-refractivity contribution in [2.24, 2.45) is 0 Å². The molecule has 0 saturated carbocycles. The molecule has 1 atom stereocenters. The smallest absolute Gasteiger partial charge is 0.259 e.